The summed E-state index contributed by atoms with van der Waals surface area (Å²) < 4.78 is 22.6. The van der Waals surface area contributed by atoms with Crippen LogP contribution < -0.4 is 5.56 Å². The highest BCUT2D eigenvalue weighted by atomic mass is 19.1. The number of pyridine rings is 1. The molecule has 3 rings (SSSR count). The Bertz CT molecular complexity index is 926. The molecule has 1 amide bonds. The first-order valence-electron chi connectivity index (χ1n) is 9.65. The number of halogens is 1. The Hall–Kier alpha value is -3.16. The number of ether oxygens (including phenoxy) is 2. The predicted molar refractivity (Wildman–Crippen MR) is 111 cm³/mol. The summed E-state index contributed by atoms with van der Waals surface area (Å²) in [6.07, 6.45) is 2.05. The molecule has 1 saturated heterocycles. The molecule has 1 fully saturated rings. The highest BCUT2D eigenvalue weighted by Crippen LogP contribution is 2.17. The molecule has 30 heavy (non-hydrogen) atoms. The van der Waals surface area contributed by atoms with E-state index >= 15 is 0 Å². The van der Waals surface area contributed by atoms with E-state index in [4.69, 9.17) is 4.74 Å². The van der Waals surface area contributed by atoms with Gasteiger partial charge in [-0.1, -0.05) is 0 Å². The number of hydrogen-bond donors (Lipinski definition) is 1. The highest BCUT2D eigenvalue weighted by Gasteiger charge is 2.23. The first-order valence-corrected chi connectivity index (χ1v) is 9.65. The van der Waals surface area contributed by atoms with E-state index in [-0.39, 0.29) is 23.1 Å². The van der Waals surface area contributed by atoms with Crippen LogP contribution in [0.4, 0.5) is 9.18 Å². The summed E-state index contributed by atoms with van der Waals surface area (Å²) in [5.74, 6) is -0.963. The van der Waals surface area contributed by atoms with Gasteiger partial charge in [-0.25, -0.2) is 14.0 Å². The number of aromatic nitrogens is 1. The van der Waals surface area contributed by atoms with Crippen molar-refractivity contribution in [3.05, 3.63) is 58.1 Å². The molecule has 2 aromatic rings. The second-order valence-corrected chi connectivity index (χ2v) is 7.82. The van der Waals surface area contributed by atoms with Gasteiger partial charge in [-0.15, -0.1) is 0 Å². The van der Waals surface area contributed by atoms with Gasteiger partial charge in [0.05, 0.1) is 12.7 Å². The molecule has 7 nitrogen and oxygen atoms in total. The van der Waals surface area contributed by atoms with Crippen LogP contribution in [-0.4, -0.2) is 47.7 Å². The number of amides is 1. The number of benzene rings is 1. The van der Waals surface area contributed by atoms with Crippen molar-refractivity contribution >= 4 is 12.1 Å². The number of carbonyl (C=O) groups is 2. The van der Waals surface area contributed by atoms with Gasteiger partial charge in [-0.05, 0) is 69.5 Å². The zero-order valence-corrected chi connectivity index (χ0v) is 17.7. The summed E-state index contributed by atoms with van der Waals surface area (Å²) in [4.78, 5) is 38.5. The fourth-order valence-electron chi connectivity index (χ4n) is 2.79. The lowest BCUT2D eigenvalue weighted by molar-refractivity contribution is 0.0294. The van der Waals surface area contributed by atoms with E-state index in [1.807, 2.05) is 20.8 Å². The first kappa shape index (κ1) is 23.1. The average Bonchev–Trinajstić information content (AvgIpc) is 3.22. The number of nitrogens with zero attached hydrogens (tertiary/aromatic N) is 1. The first-order chi connectivity index (χ1) is 14.1. The van der Waals surface area contributed by atoms with Crippen LogP contribution >= 0.6 is 0 Å². The molecule has 0 saturated carbocycles. The van der Waals surface area contributed by atoms with Crippen molar-refractivity contribution in [1.82, 2.24) is 9.88 Å². The minimum atomic E-state index is -0.593. The van der Waals surface area contributed by atoms with E-state index < -0.39 is 11.5 Å². The number of likely N-dealkylation sites (tertiary alicyclic amines) is 1. The Morgan fingerprint density at radius 3 is 2.20 bits per heavy atom. The molecule has 0 atom stereocenters. The quantitative estimate of drug-likeness (QED) is 0.745. The Balaban J connectivity index is 0.000000232. The Morgan fingerprint density at radius 1 is 1.07 bits per heavy atom. The van der Waals surface area contributed by atoms with Gasteiger partial charge >= 0.3 is 12.1 Å². The van der Waals surface area contributed by atoms with Crippen molar-refractivity contribution in [2.45, 2.75) is 39.2 Å². The van der Waals surface area contributed by atoms with Crippen LogP contribution in [0.25, 0.3) is 11.3 Å². The number of methoxy groups -OCH3 is 1. The predicted octanol–water partition coefficient (Wildman–Crippen LogP) is 3.98. The lowest BCUT2D eigenvalue weighted by Gasteiger charge is -2.23. The van der Waals surface area contributed by atoms with Crippen LogP contribution in [0, 0.1) is 5.82 Å². The largest absolute Gasteiger partial charge is 0.465 e. The molecule has 1 N–H and O–H groups in total. The van der Waals surface area contributed by atoms with Gasteiger partial charge in [-0.2, -0.15) is 0 Å². The third kappa shape index (κ3) is 7.02. The molecule has 0 aliphatic carbocycles. The van der Waals surface area contributed by atoms with E-state index in [0.717, 1.165) is 32.0 Å². The fraction of sp³-hybridized carbons (Fsp3) is 0.409. The highest BCUT2D eigenvalue weighted by molar-refractivity contribution is 5.90. The fourth-order valence-corrected chi connectivity index (χ4v) is 2.79. The monoisotopic (exact) mass is 418 g/mol. The van der Waals surface area contributed by atoms with Gasteiger partial charge in [0.2, 0.25) is 5.56 Å². The van der Waals surface area contributed by atoms with Gasteiger partial charge in [0, 0.05) is 24.8 Å². The third-order valence-corrected chi connectivity index (χ3v) is 4.18. The summed E-state index contributed by atoms with van der Waals surface area (Å²) in [6, 6.07) is 8.22. The molecular formula is C22H27FN2O5. The number of esters is 1. The minimum absolute atomic E-state index is 0.153. The number of aromatic amines is 1. The molecule has 1 aromatic carbocycles. The number of rotatable bonds is 2. The molecule has 0 bridgehead atoms. The molecule has 0 radical (unpaired) electrons. The molecule has 1 aromatic heterocycles. The topological polar surface area (TPSA) is 88.7 Å². The molecule has 162 valence electrons. The SMILES string of the molecule is CC(C)(C)OC(=O)N1CCCC1.COC(=O)c1cc(-c2ccc(F)cc2)[nH]c(=O)c1. The Labute approximate surface area is 174 Å². The zero-order valence-electron chi connectivity index (χ0n) is 17.7. The van der Waals surface area contributed by atoms with Gasteiger partial charge in [-0.3, -0.25) is 4.79 Å². The molecular weight excluding hydrogens is 391 g/mol. The van der Waals surface area contributed by atoms with Crippen molar-refractivity contribution < 1.29 is 23.5 Å². The van der Waals surface area contributed by atoms with Gasteiger partial charge in [0.15, 0.2) is 0 Å². The number of H-pyrrole nitrogens is 1. The molecule has 8 heteroatoms. The van der Waals surface area contributed by atoms with Crippen molar-refractivity contribution in [1.29, 1.82) is 0 Å². The maximum absolute atomic E-state index is 12.8. The summed E-state index contributed by atoms with van der Waals surface area (Å²) in [5.41, 5.74) is 0.416. The lowest BCUT2D eigenvalue weighted by atomic mass is 10.1. The standard InChI is InChI=1S/C13H10FNO3.C9H17NO2/c1-18-13(17)9-6-11(15-12(16)7-9)8-2-4-10(14)5-3-8;1-9(2,3)12-8(11)10-6-4-5-7-10/h2-7H,1H3,(H,15,16);4-7H2,1-3H3. The summed E-state index contributed by atoms with van der Waals surface area (Å²) in [7, 11) is 1.24. The summed E-state index contributed by atoms with van der Waals surface area (Å²) >= 11 is 0. The van der Waals surface area contributed by atoms with Gasteiger partial charge in [0.25, 0.3) is 0 Å². The van der Waals surface area contributed by atoms with Crippen LogP contribution in [0.3, 0.4) is 0 Å². The molecule has 1 aliphatic heterocycles. The maximum atomic E-state index is 12.8. The van der Waals surface area contributed by atoms with Crippen LogP contribution in [0.1, 0.15) is 44.0 Å². The zero-order chi connectivity index (χ0) is 22.3. The molecule has 1 aliphatic rings. The molecule has 2 heterocycles. The van der Waals surface area contributed by atoms with Gasteiger partial charge < -0.3 is 19.4 Å². The van der Waals surface area contributed by atoms with E-state index in [0.29, 0.717) is 11.3 Å². The lowest BCUT2D eigenvalue weighted by Crippen LogP contribution is -2.34. The van der Waals surface area contributed by atoms with Crippen molar-refractivity contribution in [2.24, 2.45) is 0 Å². The minimum Gasteiger partial charge on any atom is -0.465 e. The van der Waals surface area contributed by atoms with E-state index in [2.05, 4.69) is 9.72 Å². The van der Waals surface area contributed by atoms with Crippen LogP contribution in [-0.2, 0) is 9.47 Å². The van der Waals surface area contributed by atoms with Crippen LogP contribution in [0.5, 0.6) is 0 Å². The van der Waals surface area contributed by atoms with Crippen LogP contribution in [0.15, 0.2) is 41.2 Å². The second kappa shape index (κ2) is 10.0. The van der Waals surface area contributed by atoms with Crippen molar-refractivity contribution in [3.8, 4) is 11.3 Å². The van der Waals surface area contributed by atoms with E-state index in [1.54, 1.807) is 4.90 Å². The Kier molecular flexibility index (Phi) is 7.74. The van der Waals surface area contributed by atoms with Crippen LogP contribution in [0.2, 0.25) is 0 Å². The van der Waals surface area contributed by atoms with Crippen molar-refractivity contribution in [2.75, 3.05) is 20.2 Å². The second-order valence-electron chi connectivity index (χ2n) is 7.82. The normalized spacial score (nSPS) is 13.3. The number of carbonyl (C=O) groups excluding carboxylic acids is 2. The maximum Gasteiger partial charge on any atom is 0.410 e. The molecule has 0 unspecified atom stereocenters. The average molecular weight is 418 g/mol. The molecule has 0 spiro atoms. The number of hydrogen-bond acceptors (Lipinski definition) is 5. The number of nitrogens with one attached hydrogen (secondary N) is 1. The van der Waals surface area contributed by atoms with Crippen molar-refractivity contribution in [3.63, 3.8) is 0 Å². The smallest absolute Gasteiger partial charge is 0.410 e. The van der Waals surface area contributed by atoms with E-state index in [1.165, 1.54) is 37.4 Å². The Morgan fingerprint density at radius 2 is 1.67 bits per heavy atom. The van der Waals surface area contributed by atoms with Gasteiger partial charge in [0.1, 0.15) is 11.4 Å². The summed E-state index contributed by atoms with van der Waals surface area (Å²) in [6.45, 7) is 7.38. The third-order valence-electron chi connectivity index (χ3n) is 4.18. The summed E-state index contributed by atoms with van der Waals surface area (Å²) in [5, 5.41) is 0. The van der Waals surface area contributed by atoms with E-state index in [9.17, 15) is 18.8 Å².